The number of nitrogens with one attached hydrogen (secondary N) is 1. The first-order chi connectivity index (χ1) is 9.99. The summed E-state index contributed by atoms with van der Waals surface area (Å²) in [6.07, 6.45) is -5.43. The minimum absolute atomic E-state index is 0.210. The Morgan fingerprint density at radius 1 is 1.23 bits per heavy atom. The Balaban J connectivity index is 2.95. The van der Waals surface area contributed by atoms with Crippen molar-refractivity contribution in [2.75, 3.05) is 14.1 Å². The summed E-state index contributed by atoms with van der Waals surface area (Å²) in [5.41, 5.74) is -0.619. The summed E-state index contributed by atoms with van der Waals surface area (Å²) in [5, 5.41) is 10.2. The van der Waals surface area contributed by atoms with E-state index in [1.807, 2.05) is 0 Å². The molecule has 0 heterocycles. The van der Waals surface area contributed by atoms with Crippen LogP contribution in [0, 0.1) is 0 Å². The zero-order valence-electron chi connectivity index (χ0n) is 12.4. The smallest absolute Gasteiger partial charge is 0.387 e. The van der Waals surface area contributed by atoms with E-state index < -0.39 is 34.1 Å². The zero-order valence-corrected chi connectivity index (χ0v) is 13.2. The monoisotopic (exact) mass is 340 g/mol. The Morgan fingerprint density at radius 2 is 1.73 bits per heavy atom. The van der Waals surface area contributed by atoms with Gasteiger partial charge in [0.05, 0.1) is 17.7 Å². The highest BCUT2D eigenvalue weighted by Gasteiger charge is 2.31. The lowest BCUT2D eigenvalue weighted by molar-refractivity contribution is -0.137. The van der Waals surface area contributed by atoms with E-state index in [9.17, 15) is 26.7 Å². The fourth-order valence-corrected chi connectivity index (χ4v) is 2.66. The molecule has 0 aliphatic rings. The lowest BCUT2D eigenvalue weighted by atomic mass is 10.00. The van der Waals surface area contributed by atoms with Gasteiger partial charge in [0, 0.05) is 14.1 Å². The molecule has 2 N–H and O–H groups in total. The number of hydrogen-bond donors (Lipinski definition) is 2. The number of aliphatic hydroxyl groups is 1. The molecule has 0 aliphatic carbocycles. The zero-order chi connectivity index (χ0) is 17.1. The van der Waals surface area contributed by atoms with Gasteiger partial charge in [-0.15, -0.1) is 0 Å². The Bertz CT molecular complexity index is 586. The van der Waals surface area contributed by atoms with Crippen molar-refractivity contribution in [1.29, 1.82) is 0 Å². The normalized spacial score (nSPS) is 15.8. The van der Waals surface area contributed by atoms with Crippen molar-refractivity contribution in [3.8, 4) is 0 Å². The quantitative estimate of drug-likeness (QED) is 0.831. The first kappa shape index (κ1) is 18.9. The van der Waals surface area contributed by atoms with Crippen molar-refractivity contribution in [2.45, 2.75) is 31.7 Å². The molecule has 0 aromatic heterocycles. The van der Waals surface area contributed by atoms with Gasteiger partial charge in [-0.3, -0.25) is 0 Å². The second-order valence-electron chi connectivity index (χ2n) is 4.98. The van der Waals surface area contributed by atoms with Crippen molar-refractivity contribution in [3.63, 3.8) is 0 Å². The molecular weight excluding hydrogens is 321 g/mol. The van der Waals surface area contributed by atoms with Gasteiger partial charge in [-0.05, 0) is 24.1 Å². The van der Waals surface area contributed by atoms with Gasteiger partial charge in [0.25, 0.3) is 10.2 Å². The SMILES string of the molecule is CC[C@H](NS(=O)(=O)N(C)C)[C@H](O)c1ccc(C(F)(F)F)cc1. The molecule has 0 radical (unpaired) electrons. The molecule has 22 heavy (non-hydrogen) atoms. The van der Waals surface area contributed by atoms with Crippen LogP contribution in [0.2, 0.25) is 0 Å². The summed E-state index contributed by atoms with van der Waals surface area (Å²) >= 11 is 0. The fraction of sp³-hybridized carbons (Fsp3) is 0.538. The van der Waals surface area contributed by atoms with Crippen LogP contribution < -0.4 is 4.72 Å². The van der Waals surface area contributed by atoms with Gasteiger partial charge in [-0.1, -0.05) is 19.1 Å². The number of hydrogen-bond acceptors (Lipinski definition) is 3. The lowest BCUT2D eigenvalue weighted by Gasteiger charge is -2.25. The Kier molecular flexibility index (Phi) is 5.96. The largest absolute Gasteiger partial charge is 0.416 e. The predicted molar refractivity (Wildman–Crippen MR) is 76.2 cm³/mol. The molecular formula is C13H19F3N2O3S. The highest BCUT2D eigenvalue weighted by Crippen LogP contribution is 2.30. The standard InChI is InChI=1S/C13H19F3N2O3S/c1-4-11(17-22(20,21)18(2)3)12(19)9-5-7-10(8-6-9)13(14,15)16/h5-8,11-12,17,19H,4H2,1-3H3/t11-,12+/m0/s1. The third kappa shape index (κ3) is 4.67. The molecule has 1 rings (SSSR count). The molecule has 1 aromatic rings. The molecule has 1 aromatic carbocycles. The van der Waals surface area contributed by atoms with Crippen LogP contribution in [0.15, 0.2) is 24.3 Å². The molecule has 2 atom stereocenters. The molecule has 0 saturated carbocycles. The topological polar surface area (TPSA) is 69.6 Å². The first-order valence-corrected chi connectivity index (χ1v) is 7.98. The number of nitrogens with zero attached hydrogens (tertiary/aromatic N) is 1. The van der Waals surface area contributed by atoms with Crippen LogP contribution in [-0.4, -0.2) is 38.0 Å². The minimum Gasteiger partial charge on any atom is -0.387 e. The van der Waals surface area contributed by atoms with Crippen molar-refractivity contribution in [1.82, 2.24) is 9.03 Å². The van der Waals surface area contributed by atoms with Gasteiger partial charge in [-0.2, -0.15) is 30.6 Å². The average Bonchev–Trinajstić information content (AvgIpc) is 2.43. The second kappa shape index (κ2) is 6.95. The van der Waals surface area contributed by atoms with Gasteiger partial charge < -0.3 is 5.11 Å². The van der Waals surface area contributed by atoms with Crippen molar-refractivity contribution in [3.05, 3.63) is 35.4 Å². The summed E-state index contributed by atoms with van der Waals surface area (Å²) in [7, 11) is -1.08. The van der Waals surface area contributed by atoms with E-state index in [2.05, 4.69) is 4.72 Å². The van der Waals surface area contributed by atoms with Gasteiger partial charge >= 0.3 is 6.18 Å². The molecule has 0 saturated heterocycles. The van der Waals surface area contributed by atoms with E-state index in [1.54, 1.807) is 6.92 Å². The molecule has 0 aliphatic heterocycles. The molecule has 0 unspecified atom stereocenters. The highest BCUT2D eigenvalue weighted by molar-refractivity contribution is 7.87. The average molecular weight is 340 g/mol. The van der Waals surface area contributed by atoms with Crippen LogP contribution in [0.25, 0.3) is 0 Å². The van der Waals surface area contributed by atoms with Crippen molar-refractivity contribution < 1.29 is 26.7 Å². The molecule has 0 fully saturated rings. The van der Waals surface area contributed by atoms with Crippen molar-refractivity contribution >= 4 is 10.2 Å². The minimum atomic E-state index is -4.46. The van der Waals surface area contributed by atoms with Gasteiger partial charge in [0.2, 0.25) is 0 Å². The van der Waals surface area contributed by atoms with Gasteiger partial charge in [-0.25, -0.2) is 0 Å². The Hall–Kier alpha value is -1.16. The number of halogens is 3. The number of aliphatic hydroxyl groups excluding tert-OH is 1. The van der Waals surface area contributed by atoms with E-state index in [0.717, 1.165) is 28.6 Å². The molecule has 0 amide bonds. The summed E-state index contributed by atoms with van der Waals surface area (Å²) in [5.74, 6) is 0. The summed E-state index contributed by atoms with van der Waals surface area (Å²) in [6.45, 7) is 1.66. The maximum absolute atomic E-state index is 12.5. The Labute approximate surface area is 127 Å². The molecule has 0 bridgehead atoms. The third-order valence-electron chi connectivity index (χ3n) is 3.18. The second-order valence-corrected chi connectivity index (χ2v) is 6.90. The maximum Gasteiger partial charge on any atom is 0.416 e. The molecule has 9 heteroatoms. The molecule has 126 valence electrons. The summed E-state index contributed by atoms with van der Waals surface area (Å²) < 4.78 is 64.3. The summed E-state index contributed by atoms with van der Waals surface area (Å²) in [6, 6.07) is 3.14. The third-order valence-corrected chi connectivity index (χ3v) is 4.74. The first-order valence-electron chi connectivity index (χ1n) is 6.54. The van der Waals surface area contributed by atoms with E-state index in [-0.39, 0.29) is 12.0 Å². The maximum atomic E-state index is 12.5. The van der Waals surface area contributed by atoms with Crippen LogP contribution in [0.5, 0.6) is 0 Å². The highest BCUT2D eigenvalue weighted by atomic mass is 32.2. The van der Waals surface area contributed by atoms with Crippen LogP contribution in [0.3, 0.4) is 0 Å². The van der Waals surface area contributed by atoms with Crippen LogP contribution >= 0.6 is 0 Å². The lowest BCUT2D eigenvalue weighted by Crippen LogP contribution is -2.44. The number of rotatable bonds is 6. The number of benzene rings is 1. The van der Waals surface area contributed by atoms with Crippen LogP contribution in [0.4, 0.5) is 13.2 Å². The van der Waals surface area contributed by atoms with Gasteiger partial charge in [0.1, 0.15) is 0 Å². The molecule has 0 spiro atoms. The molecule has 5 nitrogen and oxygen atoms in total. The Morgan fingerprint density at radius 3 is 2.09 bits per heavy atom. The fourth-order valence-electron chi connectivity index (χ4n) is 1.77. The van der Waals surface area contributed by atoms with Gasteiger partial charge in [0.15, 0.2) is 0 Å². The van der Waals surface area contributed by atoms with E-state index in [0.29, 0.717) is 0 Å². The van der Waals surface area contributed by atoms with E-state index in [4.69, 9.17) is 0 Å². The van der Waals surface area contributed by atoms with Crippen molar-refractivity contribution in [2.24, 2.45) is 0 Å². The van der Waals surface area contributed by atoms with E-state index in [1.165, 1.54) is 14.1 Å². The van der Waals surface area contributed by atoms with Crippen LogP contribution in [0.1, 0.15) is 30.6 Å². The van der Waals surface area contributed by atoms with E-state index >= 15 is 0 Å². The van der Waals surface area contributed by atoms with Crippen LogP contribution in [-0.2, 0) is 16.4 Å². The number of alkyl halides is 3. The summed E-state index contributed by atoms with van der Waals surface area (Å²) in [4.78, 5) is 0. The predicted octanol–water partition coefficient (Wildman–Crippen LogP) is 1.91.